The highest BCUT2D eigenvalue weighted by atomic mass is 32.2. The van der Waals surface area contributed by atoms with Gasteiger partial charge in [0.25, 0.3) is 0 Å². The van der Waals surface area contributed by atoms with Crippen molar-refractivity contribution in [1.82, 2.24) is 29.0 Å². The Morgan fingerprint density at radius 1 is 0.933 bits per heavy atom. The van der Waals surface area contributed by atoms with Crippen LogP contribution in [0.15, 0.2) is 45.5 Å². The number of aryl methyl sites for hydroxylation is 3. The van der Waals surface area contributed by atoms with Crippen molar-refractivity contribution < 1.29 is 37.7 Å². The molecule has 0 fully saturated rings. The number of benzene rings is 2. The maximum Gasteiger partial charge on any atom is 0.318 e. The molecule has 0 spiro atoms. The van der Waals surface area contributed by atoms with E-state index in [9.17, 15) is 33.5 Å². The first kappa shape index (κ1) is 45.0. The fourth-order valence-corrected chi connectivity index (χ4v) is 8.50. The van der Waals surface area contributed by atoms with Crippen molar-refractivity contribution in [3.63, 3.8) is 0 Å². The molecule has 0 saturated carbocycles. The van der Waals surface area contributed by atoms with Crippen LogP contribution in [0.5, 0.6) is 0 Å². The van der Waals surface area contributed by atoms with Gasteiger partial charge in [0.2, 0.25) is 26.9 Å². The molecular weight excluding hydrogens is 817 g/mol. The van der Waals surface area contributed by atoms with Crippen molar-refractivity contribution in [2.75, 3.05) is 69.6 Å². The zero-order chi connectivity index (χ0) is 43.6. The van der Waals surface area contributed by atoms with E-state index in [2.05, 4.69) is 54.5 Å². The van der Waals surface area contributed by atoms with Crippen molar-refractivity contribution in [1.29, 1.82) is 5.26 Å². The minimum atomic E-state index is -4.53. The third-order valence-electron chi connectivity index (χ3n) is 8.88. The van der Waals surface area contributed by atoms with Gasteiger partial charge in [-0.05, 0) is 69.4 Å². The third kappa shape index (κ3) is 10.7. The van der Waals surface area contributed by atoms with Crippen molar-refractivity contribution in [3.05, 3.63) is 58.3 Å². The van der Waals surface area contributed by atoms with Crippen LogP contribution in [-0.4, -0.2) is 113 Å². The second-order valence-electron chi connectivity index (χ2n) is 13.4. The lowest BCUT2D eigenvalue weighted by Crippen LogP contribution is -2.39. The normalized spacial score (nSPS) is 11.7. The summed E-state index contributed by atoms with van der Waals surface area (Å²) in [6, 6.07) is 10.3. The number of anilines is 4. The van der Waals surface area contributed by atoms with Crippen molar-refractivity contribution in [3.8, 4) is 11.2 Å². The molecule has 20 nitrogen and oxygen atoms in total. The maximum atomic E-state index is 13.3. The Kier molecular flexibility index (Phi) is 15.2. The zero-order valence-electron chi connectivity index (χ0n) is 33.9. The summed E-state index contributed by atoms with van der Waals surface area (Å²) in [6.07, 6.45) is 1.65. The van der Waals surface area contributed by atoms with E-state index in [1.54, 1.807) is 14.2 Å². The molecule has 22 heteroatoms. The van der Waals surface area contributed by atoms with E-state index >= 15 is 0 Å². The third-order valence-corrected chi connectivity index (χ3v) is 11.7. The molecule has 0 aliphatic rings. The van der Waals surface area contributed by atoms with E-state index in [1.807, 2.05) is 27.7 Å². The molecule has 0 aliphatic carbocycles. The van der Waals surface area contributed by atoms with Gasteiger partial charge in [-0.2, -0.15) is 19.5 Å². The first-order valence-electron chi connectivity index (χ1n) is 18.7. The van der Waals surface area contributed by atoms with Gasteiger partial charge in [0, 0.05) is 46.2 Å². The Labute approximate surface area is 350 Å². The molecule has 5 N–H and O–H groups in total. The molecular formula is C38H46N12O8S2. The SMILES string of the molecule is CCc1c(C#N)c(N=Nc2c(NCCCOC)nc(Nc3c(C)cc(C)cc3C)nc2NCCCOC)nn1-c1nc2cc(S(=O)(=O)N(CC(=O)O)CC(=O)O)ccc2s1. The molecule has 0 unspecified atom stereocenters. The number of sulfonamides is 1. The molecule has 3 aromatic heterocycles. The minimum absolute atomic E-state index is 0.0152. The number of hydrogen-bond donors (Lipinski definition) is 5. The molecule has 0 saturated heterocycles. The number of rotatable bonds is 22. The van der Waals surface area contributed by atoms with Gasteiger partial charge < -0.3 is 35.6 Å². The Bertz CT molecular complexity index is 2480. The fraction of sp³-hybridized carbons (Fsp3) is 0.395. The summed E-state index contributed by atoms with van der Waals surface area (Å²) < 4.78 is 39.5. The highest BCUT2D eigenvalue weighted by molar-refractivity contribution is 7.89. The number of aromatic nitrogens is 5. The monoisotopic (exact) mass is 862 g/mol. The lowest BCUT2D eigenvalue weighted by atomic mass is 10.1. The van der Waals surface area contributed by atoms with Gasteiger partial charge in [0.15, 0.2) is 17.3 Å². The van der Waals surface area contributed by atoms with E-state index in [-0.39, 0.29) is 32.6 Å². The summed E-state index contributed by atoms with van der Waals surface area (Å²) in [6.45, 7) is 7.75. The van der Waals surface area contributed by atoms with Gasteiger partial charge in [0.1, 0.15) is 24.7 Å². The summed E-state index contributed by atoms with van der Waals surface area (Å²) in [7, 11) is -1.29. The van der Waals surface area contributed by atoms with Gasteiger partial charge in [-0.1, -0.05) is 36.0 Å². The number of nitrogens with one attached hydrogen (secondary N) is 3. The number of nitrogens with zero attached hydrogens (tertiary/aromatic N) is 9. The van der Waals surface area contributed by atoms with Gasteiger partial charge >= 0.3 is 11.9 Å². The van der Waals surface area contributed by atoms with Crippen molar-refractivity contribution in [2.24, 2.45) is 10.2 Å². The Morgan fingerprint density at radius 2 is 1.53 bits per heavy atom. The number of azo groups is 1. The van der Waals surface area contributed by atoms with Gasteiger partial charge in [-0.25, -0.2) is 18.1 Å². The number of carboxylic acids is 2. The smallest absolute Gasteiger partial charge is 0.318 e. The summed E-state index contributed by atoms with van der Waals surface area (Å²) in [4.78, 5) is 36.6. The predicted octanol–water partition coefficient (Wildman–Crippen LogP) is 5.85. The second-order valence-corrected chi connectivity index (χ2v) is 16.4. The van der Waals surface area contributed by atoms with Crippen LogP contribution in [-0.2, 0) is 35.5 Å². The molecule has 2 aromatic carbocycles. The molecule has 0 bridgehead atoms. The number of hydrogen-bond acceptors (Lipinski definition) is 17. The first-order chi connectivity index (χ1) is 28.7. The Morgan fingerprint density at radius 3 is 2.07 bits per heavy atom. The van der Waals surface area contributed by atoms with Gasteiger partial charge in [-0.15, -0.1) is 15.3 Å². The van der Waals surface area contributed by atoms with Gasteiger partial charge in [0.05, 0.1) is 20.8 Å². The average Bonchev–Trinajstić information content (AvgIpc) is 3.79. The van der Waals surface area contributed by atoms with Crippen LogP contribution in [0.3, 0.4) is 0 Å². The van der Waals surface area contributed by atoms with E-state index in [1.165, 1.54) is 22.9 Å². The Balaban J connectivity index is 1.58. The predicted molar refractivity (Wildman–Crippen MR) is 225 cm³/mol. The van der Waals surface area contributed by atoms with E-state index in [4.69, 9.17) is 19.4 Å². The number of carboxylic acid groups (broad SMARTS) is 2. The quantitative estimate of drug-likeness (QED) is 0.0403. The molecule has 318 valence electrons. The highest BCUT2D eigenvalue weighted by Crippen LogP contribution is 2.37. The number of fused-ring (bicyclic) bond motifs is 1. The van der Waals surface area contributed by atoms with E-state index in [0.29, 0.717) is 77.8 Å². The lowest BCUT2D eigenvalue weighted by Gasteiger charge is -2.18. The van der Waals surface area contributed by atoms with Crippen LogP contribution in [0.2, 0.25) is 0 Å². The molecule has 0 amide bonds. The van der Waals surface area contributed by atoms with Crippen LogP contribution in [0.4, 0.5) is 34.8 Å². The van der Waals surface area contributed by atoms with Crippen LogP contribution < -0.4 is 16.0 Å². The standard InChI is InChI=1S/C38H46N12O8S2/c1-7-28-26(19-39)34(48-50(28)38-42-27-18-25(10-11-29(27)59-38)60(55,56)49(20-30(51)52)21-31(53)54)47-46-33-35(40-12-8-14-57-5)44-37(45-36(33)41-13-9-15-58-6)43-32-23(3)16-22(2)17-24(32)4/h10-11,16-18H,7-9,12-15,20-21H2,1-6H3,(H,51,52)(H,53,54)(H3,40,41,43,44,45). The molecule has 0 atom stereocenters. The summed E-state index contributed by atoms with van der Waals surface area (Å²) in [5.41, 5.74) is 5.11. The van der Waals surface area contributed by atoms with E-state index < -0.39 is 35.1 Å². The van der Waals surface area contributed by atoms with Crippen LogP contribution in [0, 0.1) is 32.1 Å². The topological polar surface area (TPSA) is 272 Å². The number of aliphatic carboxylic acids is 2. The summed E-state index contributed by atoms with van der Waals surface area (Å²) >= 11 is 1.16. The zero-order valence-corrected chi connectivity index (χ0v) is 35.6. The molecule has 0 radical (unpaired) electrons. The molecule has 5 aromatic rings. The number of carbonyl (C=O) groups is 2. The van der Waals surface area contributed by atoms with Crippen LogP contribution in [0.1, 0.15) is 47.7 Å². The lowest BCUT2D eigenvalue weighted by molar-refractivity contribution is -0.139. The maximum absolute atomic E-state index is 13.3. The Hall–Kier alpha value is -6.12. The van der Waals surface area contributed by atoms with Crippen molar-refractivity contribution >= 4 is 78.3 Å². The van der Waals surface area contributed by atoms with Crippen molar-refractivity contribution in [2.45, 2.75) is 51.9 Å². The van der Waals surface area contributed by atoms with E-state index in [0.717, 1.165) is 33.7 Å². The number of ether oxygens (including phenoxy) is 2. The average molecular weight is 863 g/mol. The molecule has 5 rings (SSSR count). The molecule has 0 aliphatic heterocycles. The highest BCUT2D eigenvalue weighted by Gasteiger charge is 2.30. The number of nitriles is 1. The first-order valence-corrected chi connectivity index (χ1v) is 21.0. The second kappa shape index (κ2) is 20.2. The summed E-state index contributed by atoms with van der Waals surface area (Å²) in [5, 5.41) is 52.8. The van der Waals surface area contributed by atoms with Crippen LogP contribution >= 0.6 is 11.3 Å². The number of thiazole rings is 1. The molecule has 60 heavy (non-hydrogen) atoms. The number of methoxy groups -OCH3 is 2. The van der Waals surface area contributed by atoms with Gasteiger partial charge in [-0.3, -0.25) is 9.59 Å². The minimum Gasteiger partial charge on any atom is -0.480 e. The van der Waals surface area contributed by atoms with Crippen LogP contribution in [0.25, 0.3) is 15.3 Å². The largest absolute Gasteiger partial charge is 0.480 e. The summed E-state index contributed by atoms with van der Waals surface area (Å²) in [5.74, 6) is -2.01. The fourth-order valence-electron chi connectivity index (χ4n) is 6.22. The molecule has 3 heterocycles.